The number of hydrogen-bond acceptors (Lipinski definition) is 3. The SMILES string of the molecule is NC(=O)c1ccc2cc[nH]soc2c1. The van der Waals surface area contributed by atoms with Gasteiger partial charge in [0, 0.05) is 17.1 Å². The third kappa shape index (κ3) is 1.62. The molecule has 3 N–H and O–H groups in total. The van der Waals surface area contributed by atoms with Gasteiger partial charge >= 0.3 is 0 Å². The fraction of sp³-hybridized carbons (Fsp3) is 0. The molecule has 0 bridgehead atoms. The van der Waals surface area contributed by atoms with Gasteiger partial charge in [0.25, 0.3) is 0 Å². The van der Waals surface area contributed by atoms with Gasteiger partial charge in [-0.05, 0) is 18.2 Å². The standard InChI is InChI=1S/C9H8N2O2S/c10-9(12)7-2-1-6-3-4-11-14-13-8(6)5-7/h1-5,11H,(H2,10,12). The summed E-state index contributed by atoms with van der Waals surface area (Å²) < 4.78 is 8.12. The van der Waals surface area contributed by atoms with Gasteiger partial charge in [-0.1, -0.05) is 6.07 Å². The third-order valence-electron chi connectivity index (χ3n) is 1.81. The Bertz CT molecular complexity index is 508. The van der Waals surface area contributed by atoms with Crippen LogP contribution in [0.3, 0.4) is 0 Å². The van der Waals surface area contributed by atoms with Crippen molar-refractivity contribution in [2.24, 2.45) is 5.73 Å². The van der Waals surface area contributed by atoms with E-state index in [0.29, 0.717) is 11.1 Å². The molecule has 0 radical (unpaired) electrons. The third-order valence-corrected chi connectivity index (χ3v) is 2.30. The van der Waals surface area contributed by atoms with Crippen molar-refractivity contribution in [3.8, 4) is 0 Å². The highest BCUT2D eigenvalue weighted by atomic mass is 32.1. The van der Waals surface area contributed by atoms with E-state index >= 15 is 0 Å². The number of carbonyl (C=O) groups excluding carboxylic acids is 1. The summed E-state index contributed by atoms with van der Waals surface area (Å²) in [6.07, 6.45) is 1.76. The molecule has 0 unspecified atom stereocenters. The lowest BCUT2D eigenvalue weighted by Crippen LogP contribution is -2.10. The monoisotopic (exact) mass is 208 g/mol. The average Bonchev–Trinajstić information content (AvgIpc) is 2.41. The van der Waals surface area contributed by atoms with Crippen LogP contribution in [0.15, 0.2) is 34.3 Å². The number of aromatic nitrogens is 1. The van der Waals surface area contributed by atoms with Crippen molar-refractivity contribution in [3.63, 3.8) is 0 Å². The minimum absolute atomic E-state index is 0.444. The van der Waals surface area contributed by atoms with Crippen molar-refractivity contribution in [1.82, 2.24) is 4.37 Å². The molecule has 0 aliphatic carbocycles. The number of amides is 1. The van der Waals surface area contributed by atoms with E-state index < -0.39 is 5.91 Å². The Morgan fingerprint density at radius 3 is 3.07 bits per heavy atom. The predicted octanol–water partition coefficient (Wildman–Crippen LogP) is 2.05. The number of nitrogens with one attached hydrogen (secondary N) is 1. The van der Waals surface area contributed by atoms with Gasteiger partial charge in [0.05, 0.1) is 0 Å². The molecule has 0 spiro atoms. The van der Waals surface area contributed by atoms with Crippen molar-refractivity contribution < 1.29 is 8.64 Å². The van der Waals surface area contributed by atoms with Crippen molar-refractivity contribution >= 4 is 28.7 Å². The van der Waals surface area contributed by atoms with Crippen molar-refractivity contribution in [3.05, 3.63) is 36.0 Å². The van der Waals surface area contributed by atoms with Crippen molar-refractivity contribution in [1.29, 1.82) is 0 Å². The second-order valence-corrected chi connectivity index (χ2v) is 3.30. The highest BCUT2D eigenvalue weighted by molar-refractivity contribution is 6.96. The van der Waals surface area contributed by atoms with Crippen molar-refractivity contribution in [2.45, 2.75) is 0 Å². The summed E-state index contributed by atoms with van der Waals surface area (Å²) in [5.74, 6) is -0.456. The molecule has 1 amide bonds. The lowest BCUT2D eigenvalue weighted by atomic mass is 10.1. The van der Waals surface area contributed by atoms with Gasteiger partial charge in [-0.25, -0.2) is 0 Å². The fourth-order valence-electron chi connectivity index (χ4n) is 1.12. The number of benzene rings is 1. The molecule has 1 heterocycles. The molecule has 0 aliphatic heterocycles. The van der Waals surface area contributed by atoms with Gasteiger partial charge in [-0.15, -0.1) is 0 Å². The van der Waals surface area contributed by atoms with E-state index in [9.17, 15) is 4.79 Å². The van der Waals surface area contributed by atoms with E-state index in [0.717, 1.165) is 17.2 Å². The minimum Gasteiger partial charge on any atom is -0.386 e. The molecular weight excluding hydrogens is 200 g/mol. The summed E-state index contributed by atoms with van der Waals surface area (Å²) in [4.78, 5) is 10.9. The van der Waals surface area contributed by atoms with Crippen LogP contribution < -0.4 is 5.73 Å². The molecule has 0 fully saturated rings. The smallest absolute Gasteiger partial charge is 0.248 e. The number of hydrogen-bond donors (Lipinski definition) is 2. The van der Waals surface area contributed by atoms with Crippen LogP contribution in [0.1, 0.15) is 10.4 Å². The number of rotatable bonds is 1. The largest absolute Gasteiger partial charge is 0.386 e. The highest BCUT2D eigenvalue weighted by Gasteiger charge is 2.01. The molecular formula is C9H8N2O2S. The van der Waals surface area contributed by atoms with Crippen LogP contribution in [0.5, 0.6) is 0 Å². The van der Waals surface area contributed by atoms with Crippen molar-refractivity contribution in [2.75, 3.05) is 0 Å². The zero-order valence-corrected chi connectivity index (χ0v) is 8.01. The number of primary amides is 1. The van der Waals surface area contributed by atoms with Gasteiger partial charge in [0.1, 0.15) is 11.8 Å². The Hall–Kier alpha value is -1.75. The van der Waals surface area contributed by atoms with E-state index in [1.807, 2.05) is 6.07 Å². The summed E-state index contributed by atoms with van der Waals surface area (Å²) in [6, 6.07) is 6.95. The van der Waals surface area contributed by atoms with Gasteiger partial charge in [-0.2, -0.15) is 0 Å². The molecule has 0 aliphatic rings. The lowest BCUT2D eigenvalue weighted by Gasteiger charge is -1.94. The first-order valence-electron chi connectivity index (χ1n) is 3.97. The van der Waals surface area contributed by atoms with E-state index in [2.05, 4.69) is 4.37 Å². The van der Waals surface area contributed by atoms with Gasteiger partial charge in [0.15, 0.2) is 5.58 Å². The molecule has 0 saturated carbocycles. The van der Waals surface area contributed by atoms with Gasteiger partial charge in [0.2, 0.25) is 5.91 Å². The van der Waals surface area contributed by atoms with Crippen LogP contribution in [0, 0.1) is 0 Å². The first-order valence-corrected chi connectivity index (χ1v) is 4.71. The highest BCUT2D eigenvalue weighted by Crippen LogP contribution is 2.14. The molecule has 0 atom stereocenters. The quantitative estimate of drug-likeness (QED) is 0.752. The summed E-state index contributed by atoms with van der Waals surface area (Å²) in [5.41, 5.74) is 6.23. The van der Waals surface area contributed by atoms with E-state index in [1.165, 1.54) is 0 Å². The number of fused-ring (bicyclic) bond motifs is 1. The Balaban J connectivity index is 2.73. The second kappa shape index (κ2) is 3.55. The normalized spacial score (nSPS) is 10.0. The molecule has 1 aromatic heterocycles. The van der Waals surface area contributed by atoms with Crippen LogP contribution in [0.25, 0.3) is 11.0 Å². The number of H-pyrrole nitrogens is 1. The van der Waals surface area contributed by atoms with Gasteiger partial charge in [-0.3, -0.25) is 9.17 Å². The molecule has 0 saturated heterocycles. The fourth-order valence-corrected chi connectivity index (χ4v) is 1.52. The van der Waals surface area contributed by atoms with Crippen LogP contribution in [-0.4, -0.2) is 10.3 Å². The van der Waals surface area contributed by atoms with E-state index in [-0.39, 0.29) is 0 Å². The molecule has 4 nitrogen and oxygen atoms in total. The number of carbonyl (C=O) groups is 1. The predicted molar refractivity (Wildman–Crippen MR) is 54.6 cm³/mol. The maximum Gasteiger partial charge on any atom is 0.248 e. The van der Waals surface area contributed by atoms with Crippen LogP contribution in [-0.2, 0) is 0 Å². The average molecular weight is 208 g/mol. The molecule has 1 aromatic carbocycles. The molecule has 14 heavy (non-hydrogen) atoms. The molecule has 5 heteroatoms. The Morgan fingerprint density at radius 2 is 2.29 bits per heavy atom. The maximum absolute atomic E-state index is 10.9. The Labute approximate surface area is 84.0 Å². The number of nitrogens with two attached hydrogens (primary N) is 1. The zero-order chi connectivity index (χ0) is 9.97. The van der Waals surface area contributed by atoms with E-state index in [1.54, 1.807) is 24.4 Å². The minimum atomic E-state index is -0.456. The Morgan fingerprint density at radius 1 is 1.43 bits per heavy atom. The zero-order valence-electron chi connectivity index (χ0n) is 7.19. The topological polar surface area (TPSA) is 72.0 Å². The summed E-state index contributed by atoms with van der Waals surface area (Å²) >= 11 is 1.09. The summed E-state index contributed by atoms with van der Waals surface area (Å²) in [6.45, 7) is 0. The molecule has 2 rings (SSSR count). The Kier molecular flexibility index (Phi) is 2.24. The molecule has 72 valence electrons. The summed E-state index contributed by atoms with van der Waals surface area (Å²) in [7, 11) is 0. The van der Waals surface area contributed by atoms with E-state index in [4.69, 9.17) is 9.58 Å². The van der Waals surface area contributed by atoms with Crippen LogP contribution in [0.4, 0.5) is 0 Å². The van der Waals surface area contributed by atoms with Crippen LogP contribution >= 0.6 is 11.8 Å². The van der Waals surface area contributed by atoms with Gasteiger partial charge < -0.3 is 9.58 Å². The summed E-state index contributed by atoms with van der Waals surface area (Å²) in [5, 5.41) is 0.910. The maximum atomic E-state index is 10.9. The first-order chi connectivity index (χ1) is 6.77. The number of aromatic amines is 1. The van der Waals surface area contributed by atoms with Crippen LogP contribution in [0.2, 0.25) is 0 Å². The first kappa shape index (κ1) is 8.83. The second-order valence-electron chi connectivity index (χ2n) is 2.73. The molecule has 2 aromatic rings. The lowest BCUT2D eigenvalue weighted by molar-refractivity contribution is 0.100.